The molecule has 6 nitrogen and oxygen atoms in total. The maximum atomic E-state index is 11.8. The zero-order chi connectivity index (χ0) is 15.9. The fourth-order valence-electron chi connectivity index (χ4n) is 1.83. The molecule has 0 bridgehead atoms. The van der Waals surface area contributed by atoms with Gasteiger partial charge in [-0.2, -0.15) is 5.10 Å². The van der Waals surface area contributed by atoms with E-state index in [0.717, 1.165) is 18.7 Å². The number of anilines is 1. The molecule has 0 saturated carbocycles. The van der Waals surface area contributed by atoms with Crippen LogP contribution in [0.5, 0.6) is 5.75 Å². The Labute approximate surface area is 130 Å². The summed E-state index contributed by atoms with van der Waals surface area (Å²) in [4.78, 5) is 13.9. The number of nitrogens with one attached hydrogen (secondary N) is 1. The highest BCUT2D eigenvalue weighted by atomic mass is 16.5. The topological polar surface area (TPSA) is 59.4 Å². The number of benzene rings is 1. The van der Waals surface area contributed by atoms with Crippen molar-refractivity contribution in [1.29, 1.82) is 0 Å². The third-order valence-electron chi connectivity index (χ3n) is 3.08. The molecule has 1 aromatic carbocycles. The summed E-state index contributed by atoms with van der Waals surface area (Å²) in [5, 5.41) is 6.97. The van der Waals surface area contributed by atoms with Crippen molar-refractivity contribution in [3.63, 3.8) is 0 Å². The Morgan fingerprint density at radius 1 is 1.32 bits per heavy atom. The van der Waals surface area contributed by atoms with Crippen molar-refractivity contribution >= 4 is 11.6 Å². The van der Waals surface area contributed by atoms with Gasteiger partial charge >= 0.3 is 0 Å². The van der Waals surface area contributed by atoms with Crippen LogP contribution in [0.2, 0.25) is 0 Å². The van der Waals surface area contributed by atoms with Crippen LogP contribution in [0.4, 0.5) is 5.69 Å². The maximum Gasteiger partial charge on any atom is 0.262 e. The average molecular weight is 302 g/mol. The number of carbonyl (C=O) groups is 1. The molecule has 0 saturated heterocycles. The van der Waals surface area contributed by atoms with Crippen LogP contribution in [-0.2, 0) is 11.3 Å². The highest BCUT2D eigenvalue weighted by molar-refractivity contribution is 5.91. The molecule has 118 valence electrons. The number of nitrogens with zero attached hydrogens (tertiary/aromatic N) is 3. The Balaban J connectivity index is 1.78. The first-order valence-corrected chi connectivity index (χ1v) is 7.19. The summed E-state index contributed by atoms with van der Waals surface area (Å²) < 4.78 is 7.24. The van der Waals surface area contributed by atoms with Crippen molar-refractivity contribution in [1.82, 2.24) is 14.7 Å². The van der Waals surface area contributed by atoms with Crippen molar-refractivity contribution in [2.75, 3.05) is 32.6 Å². The third kappa shape index (κ3) is 5.21. The molecule has 6 heteroatoms. The first-order valence-electron chi connectivity index (χ1n) is 7.19. The van der Waals surface area contributed by atoms with Crippen LogP contribution in [0.25, 0.3) is 0 Å². The molecular formula is C16H22N4O2. The molecule has 1 aromatic heterocycles. The summed E-state index contributed by atoms with van der Waals surface area (Å²) in [6.45, 7) is 3.66. The summed E-state index contributed by atoms with van der Waals surface area (Å²) in [5.41, 5.74) is 1.83. The molecule has 0 unspecified atom stereocenters. The zero-order valence-corrected chi connectivity index (χ0v) is 13.2. The van der Waals surface area contributed by atoms with E-state index in [1.54, 1.807) is 10.9 Å². The monoisotopic (exact) mass is 302 g/mol. The standard InChI is InChI=1S/C16H22N4O2/c1-13-4-6-15(7-5-13)22-12-16(21)18-14-10-17-20(11-14)9-8-19(2)3/h4-7,10-11H,8-9,12H2,1-3H3,(H,18,21). The number of carbonyl (C=O) groups excluding carboxylic acids is 1. The van der Waals surface area contributed by atoms with Gasteiger partial charge in [-0.15, -0.1) is 0 Å². The number of rotatable bonds is 7. The quantitative estimate of drug-likeness (QED) is 0.847. The van der Waals surface area contributed by atoms with Crippen molar-refractivity contribution < 1.29 is 9.53 Å². The minimum Gasteiger partial charge on any atom is -0.484 e. The Morgan fingerprint density at radius 2 is 2.05 bits per heavy atom. The zero-order valence-electron chi connectivity index (χ0n) is 13.2. The number of hydrogen-bond acceptors (Lipinski definition) is 4. The average Bonchev–Trinajstić information content (AvgIpc) is 2.92. The normalized spacial score (nSPS) is 10.7. The molecule has 1 amide bonds. The smallest absolute Gasteiger partial charge is 0.262 e. The van der Waals surface area contributed by atoms with Gasteiger partial charge in [-0.3, -0.25) is 9.48 Å². The minimum atomic E-state index is -0.201. The Bertz CT molecular complexity index is 605. The number of hydrogen-bond donors (Lipinski definition) is 1. The lowest BCUT2D eigenvalue weighted by Gasteiger charge is -2.08. The van der Waals surface area contributed by atoms with Crippen molar-refractivity contribution in [2.45, 2.75) is 13.5 Å². The van der Waals surface area contributed by atoms with Crippen LogP contribution >= 0.6 is 0 Å². The van der Waals surface area contributed by atoms with E-state index in [0.29, 0.717) is 11.4 Å². The van der Waals surface area contributed by atoms with Crippen molar-refractivity contribution in [3.8, 4) is 5.75 Å². The minimum absolute atomic E-state index is 0.0219. The van der Waals surface area contributed by atoms with E-state index < -0.39 is 0 Å². The molecule has 0 aliphatic rings. The second-order valence-corrected chi connectivity index (χ2v) is 5.45. The van der Waals surface area contributed by atoms with Crippen LogP contribution in [-0.4, -0.2) is 47.8 Å². The maximum absolute atomic E-state index is 11.8. The number of aromatic nitrogens is 2. The van der Waals surface area contributed by atoms with Crippen LogP contribution in [0.1, 0.15) is 5.56 Å². The van der Waals surface area contributed by atoms with E-state index in [9.17, 15) is 4.79 Å². The lowest BCUT2D eigenvalue weighted by molar-refractivity contribution is -0.118. The summed E-state index contributed by atoms with van der Waals surface area (Å²) in [7, 11) is 4.02. The number of likely N-dealkylation sites (N-methyl/N-ethyl adjacent to an activating group) is 1. The Kier molecular flexibility index (Phi) is 5.55. The van der Waals surface area contributed by atoms with E-state index in [-0.39, 0.29) is 12.5 Å². The molecule has 22 heavy (non-hydrogen) atoms. The lowest BCUT2D eigenvalue weighted by Crippen LogP contribution is -2.20. The highest BCUT2D eigenvalue weighted by Crippen LogP contribution is 2.11. The third-order valence-corrected chi connectivity index (χ3v) is 3.08. The summed E-state index contributed by atoms with van der Waals surface area (Å²) in [6.07, 6.45) is 3.45. The van der Waals surface area contributed by atoms with Gasteiger partial charge in [0.25, 0.3) is 5.91 Å². The Morgan fingerprint density at radius 3 is 2.73 bits per heavy atom. The highest BCUT2D eigenvalue weighted by Gasteiger charge is 2.06. The van der Waals surface area contributed by atoms with E-state index in [4.69, 9.17) is 4.74 Å². The van der Waals surface area contributed by atoms with Crippen LogP contribution in [0, 0.1) is 6.92 Å². The Hall–Kier alpha value is -2.34. The van der Waals surface area contributed by atoms with Gasteiger partial charge < -0.3 is 15.0 Å². The molecule has 0 atom stereocenters. The van der Waals surface area contributed by atoms with E-state index in [1.807, 2.05) is 51.5 Å². The van der Waals surface area contributed by atoms with Gasteiger partial charge in [-0.05, 0) is 33.2 Å². The van der Waals surface area contributed by atoms with E-state index in [1.165, 1.54) is 0 Å². The first kappa shape index (κ1) is 16.0. The number of amides is 1. The fourth-order valence-corrected chi connectivity index (χ4v) is 1.83. The van der Waals surface area contributed by atoms with Gasteiger partial charge in [0.1, 0.15) is 5.75 Å². The SMILES string of the molecule is Cc1ccc(OCC(=O)Nc2cnn(CCN(C)C)c2)cc1. The van der Waals surface area contributed by atoms with Gasteiger partial charge in [-0.1, -0.05) is 17.7 Å². The summed E-state index contributed by atoms with van der Waals surface area (Å²) in [6, 6.07) is 7.59. The molecule has 1 heterocycles. The second-order valence-electron chi connectivity index (χ2n) is 5.45. The lowest BCUT2D eigenvalue weighted by atomic mass is 10.2. The van der Waals surface area contributed by atoms with E-state index >= 15 is 0 Å². The molecular weight excluding hydrogens is 280 g/mol. The largest absolute Gasteiger partial charge is 0.484 e. The van der Waals surface area contributed by atoms with Crippen molar-refractivity contribution in [2.24, 2.45) is 0 Å². The van der Waals surface area contributed by atoms with Gasteiger partial charge in [0.15, 0.2) is 6.61 Å². The van der Waals surface area contributed by atoms with Gasteiger partial charge in [0.2, 0.25) is 0 Å². The molecule has 0 aliphatic heterocycles. The molecule has 0 fully saturated rings. The fraction of sp³-hybridized carbons (Fsp3) is 0.375. The summed E-state index contributed by atoms with van der Waals surface area (Å²) >= 11 is 0. The number of aryl methyl sites for hydroxylation is 1. The predicted molar refractivity (Wildman–Crippen MR) is 86.1 cm³/mol. The first-order chi connectivity index (χ1) is 10.5. The molecule has 2 rings (SSSR count). The van der Waals surface area contributed by atoms with Gasteiger partial charge in [0.05, 0.1) is 18.4 Å². The molecule has 0 aliphatic carbocycles. The number of ether oxygens (including phenoxy) is 1. The molecule has 0 spiro atoms. The van der Waals surface area contributed by atoms with E-state index in [2.05, 4.69) is 15.3 Å². The molecule has 2 aromatic rings. The molecule has 0 radical (unpaired) electrons. The van der Waals surface area contributed by atoms with Crippen LogP contribution in [0.3, 0.4) is 0 Å². The van der Waals surface area contributed by atoms with Crippen LogP contribution in [0.15, 0.2) is 36.7 Å². The van der Waals surface area contributed by atoms with Crippen molar-refractivity contribution in [3.05, 3.63) is 42.2 Å². The van der Waals surface area contributed by atoms with Crippen LogP contribution < -0.4 is 10.1 Å². The summed E-state index contributed by atoms with van der Waals surface area (Å²) in [5.74, 6) is 0.482. The molecule has 1 N–H and O–H groups in total. The predicted octanol–water partition coefficient (Wildman–Crippen LogP) is 1.77. The van der Waals surface area contributed by atoms with Gasteiger partial charge in [0, 0.05) is 12.7 Å². The van der Waals surface area contributed by atoms with Gasteiger partial charge in [-0.25, -0.2) is 0 Å². The second kappa shape index (κ2) is 7.61.